The van der Waals surface area contributed by atoms with Gasteiger partial charge in [0.05, 0.1) is 7.11 Å². The van der Waals surface area contributed by atoms with Crippen molar-refractivity contribution in [1.29, 1.82) is 0 Å². The summed E-state index contributed by atoms with van der Waals surface area (Å²) < 4.78 is 31.6. The predicted octanol–water partition coefficient (Wildman–Crippen LogP) is -0.625. The second kappa shape index (κ2) is 4.56. The number of hydrogen-bond acceptors (Lipinski definition) is 4. The van der Waals surface area contributed by atoms with E-state index in [0.29, 0.717) is 0 Å². The van der Waals surface area contributed by atoms with E-state index in [2.05, 4.69) is 15.4 Å². The van der Waals surface area contributed by atoms with Crippen molar-refractivity contribution in [3.05, 3.63) is 0 Å². The van der Waals surface area contributed by atoms with Crippen LogP contribution in [0.5, 0.6) is 0 Å². The normalized spacial score (nSPS) is 41.4. The van der Waals surface area contributed by atoms with Gasteiger partial charge in [-0.15, -0.1) is 0 Å². The lowest BCUT2D eigenvalue weighted by Gasteiger charge is -2.24. The van der Waals surface area contributed by atoms with E-state index >= 15 is 0 Å². The molecule has 2 aliphatic rings. The van der Waals surface area contributed by atoms with Crippen LogP contribution < -0.4 is 10.6 Å². The van der Waals surface area contributed by atoms with Gasteiger partial charge >= 0.3 is 5.97 Å². The minimum absolute atomic E-state index is 0.0928. The molecule has 5 atom stereocenters. The van der Waals surface area contributed by atoms with E-state index in [9.17, 15) is 18.4 Å². The van der Waals surface area contributed by atoms with Gasteiger partial charge in [-0.3, -0.25) is 14.9 Å². The Morgan fingerprint density at radius 1 is 1.41 bits per heavy atom. The fourth-order valence-electron chi connectivity index (χ4n) is 2.57. The average molecular weight is 248 g/mol. The first-order valence-electron chi connectivity index (χ1n) is 5.43. The van der Waals surface area contributed by atoms with E-state index in [-0.39, 0.29) is 13.1 Å². The molecule has 2 heterocycles. The lowest BCUT2D eigenvalue weighted by atomic mass is 9.81. The molecule has 2 fully saturated rings. The molecule has 2 rings (SSSR count). The van der Waals surface area contributed by atoms with Gasteiger partial charge in [-0.25, -0.2) is 8.78 Å². The van der Waals surface area contributed by atoms with Crippen molar-refractivity contribution in [2.75, 3.05) is 20.2 Å². The van der Waals surface area contributed by atoms with Crippen LogP contribution in [0.25, 0.3) is 0 Å². The molecule has 2 saturated heterocycles. The molecular weight excluding hydrogens is 234 g/mol. The van der Waals surface area contributed by atoms with Crippen molar-refractivity contribution in [2.24, 2.45) is 17.8 Å². The Morgan fingerprint density at radius 3 is 2.65 bits per heavy atom. The molecule has 0 aromatic heterocycles. The third-order valence-electron chi connectivity index (χ3n) is 3.44. The molecule has 0 aromatic rings. The Kier molecular flexibility index (Phi) is 3.28. The molecule has 3 unspecified atom stereocenters. The molecule has 7 heteroatoms. The molecule has 0 radical (unpaired) electrons. The Bertz CT molecular complexity index is 330. The Labute approximate surface area is 96.9 Å². The maximum Gasteiger partial charge on any atom is 0.318 e. The van der Waals surface area contributed by atoms with E-state index in [4.69, 9.17) is 0 Å². The Morgan fingerprint density at radius 2 is 2.12 bits per heavy atom. The number of methoxy groups -OCH3 is 1. The highest BCUT2D eigenvalue weighted by atomic mass is 19.1. The zero-order valence-corrected chi connectivity index (χ0v) is 9.28. The maximum atomic E-state index is 13.6. The minimum atomic E-state index is -1.53. The molecule has 96 valence electrons. The van der Waals surface area contributed by atoms with Crippen LogP contribution in [0.4, 0.5) is 8.78 Å². The van der Waals surface area contributed by atoms with Crippen LogP contribution in [-0.4, -0.2) is 44.5 Å². The summed E-state index contributed by atoms with van der Waals surface area (Å²) in [7, 11) is 1.15. The van der Waals surface area contributed by atoms with Crippen LogP contribution in [0.15, 0.2) is 0 Å². The number of carbonyl (C=O) groups is 2. The molecule has 0 aliphatic carbocycles. The SMILES string of the molecule is COC(=O)[C@@H]1C(=O)NC[C@H]1C1C(F)CNC1F. The van der Waals surface area contributed by atoms with Crippen LogP contribution >= 0.6 is 0 Å². The summed E-state index contributed by atoms with van der Waals surface area (Å²) in [5, 5.41) is 4.81. The Hall–Kier alpha value is -1.24. The number of carbonyl (C=O) groups excluding carboxylic acids is 2. The Balaban J connectivity index is 2.19. The number of esters is 1. The topological polar surface area (TPSA) is 67.4 Å². The van der Waals surface area contributed by atoms with Crippen molar-refractivity contribution in [1.82, 2.24) is 10.6 Å². The summed E-state index contributed by atoms with van der Waals surface area (Å²) in [6.45, 7) is 0.0101. The molecule has 0 aromatic carbocycles. The van der Waals surface area contributed by atoms with Crippen molar-refractivity contribution < 1.29 is 23.1 Å². The number of rotatable bonds is 2. The van der Waals surface area contributed by atoms with Gasteiger partial charge < -0.3 is 10.1 Å². The van der Waals surface area contributed by atoms with Gasteiger partial charge in [0.25, 0.3) is 0 Å². The summed E-state index contributed by atoms with van der Waals surface area (Å²) in [5.74, 6) is -4.06. The van der Waals surface area contributed by atoms with Gasteiger partial charge in [0.2, 0.25) is 5.91 Å². The fraction of sp³-hybridized carbons (Fsp3) is 0.800. The molecule has 0 saturated carbocycles. The van der Waals surface area contributed by atoms with Gasteiger partial charge in [-0.05, 0) is 0 Å². The lowest BCUT2D eigenvalue weighted by molar-refractivity contribution is -0.151. The van der Waals surface area contributed by atoms with Crippen LogP contribution in [0.1, 0.15) is 0 Å². The predicted molar refractivity (Wildman–Crippen MR) is 53.3 cm³/mol. The summed E-state index contributed by atoms with van der Waals surface area (Å²) in [6, 6.07) is 0. The van der Waals surface area contributed by atoms with Gasteiger partial charge in [0.15, 0.2) is 6.30 Å². The molecular formula is C10H14F2N2O3. The van der Waals surface area contributed by atoms with Crippen LogP contribution in [0.2, 0.25) is 0 Å². The highest BCUT2D eigenvalue weighted by molar-refractivity contribution is 5.99. The van der Waals surface area contributed by atoms with E-state index in [1.807, 2.05) is 0 Å². The van der Waals surface area contributed by atoms with Gasteiger partial charge in [0.1, 0.15) is 12.1 Å². The molecule has 0 bridgehead atoms. The van der Waals surface area contributed by atoms with Crippen molar-refractivity contribution >= 4 is 11.9 Å². The maximum absolute atomic E-state index is 13.6. The third-order valence-corrected chi connectivity index (χ3v) is 3.44. The van der Waals surface area contributed by atoms with Crippen LogP contribution in [0, 0.1) is 17.8 Å². The van der Waals surface area contributed by atoms with Crippen molar-refractivity contribution in [3.63, 3.8) is 0 Å². The number of hydrogen-bond donors (Lipinski definition) is 2. The van der Waals surface area contributed by atoms with Gasteiger partial charge in [0, 0.05) is 24.9 Å². The van der Waals surface area contributed by atoms with Gasteiger partial charge in [-0.2, -0.15) is 0 Å². The number of nitrogens with one attached hydrogen (secondary N) is 2. The number of alkyl halides is 2. The van der Waals surface area contributed by atoms with E-state index < -0.39 is 42.1 Å². The fourth-order valence-corrected chi connectivity index (χ4v) is 2.57. The lowest BCUT2D eigenvalue weighted by Crippen LogP contribution is -2.38. The van der Waals surface area contributed by atoms with Gasteiger partial charge in [-0.1, -0.05) is 0 Å². The third kappa shape index (κ3) is 1.99. The first kappa shape index (κ1) is 12.2. The molecule has 5 nitrogen and oxygen atoms in total. The number of halogens is 2. The minimum Gasteiger partial charge on any atom is -0.468 e. The first-order chi connectivity index (χ1) is 8.06. The second-order valence-electron chi connectivity index (χ2n) is 4.31. The van der Waals surface area contributed by atoms with E-state index in [1.54, 1.807) is 0 Å². The van der Waals surface area contributed by atoms with Crippen molar-refractivity contribution in [3.8, 4) is 0 Å². The summed E-state index contributed by atoms with van der Waals surface area (Å²) in [4.78, 5) is 22.9. The molecule has 1 amide bonds. The zero-order valence-electron chi connectivity index (χ0n) is 9.28. The monoisotopic (exact) mass is 248 g/mol. The molecule has 2 aliphatic heterocycles. The van der Waals surface area contributed by atoms with Crippen molar-refractivity contribution in [2.45, 2.75) is 12.5 Å². The van der Waals surface area contributed by atoms with E-state index in [0.717, 1.165) is 7.11 Å². The highest BCUT2D eigenvalue weighted by Gasteiger charge is 2.52. The summed E-state index contributed by atoms with van der Waals surface area (Å²) in [5.41, 5.74) is 0. The molecule has 17 heavy (non-hydrogen) atoms. The molecule has 0 spiro atoms. The van der Waals surface area contributed by atoms with E-state index in [1.165, 1.54) is 0 Å². The quantitative estimate of drug-likeness (QED) is 0.388. The number of amides is 1. The average Bonchev–Trinajstić information content (AvgIpc) is 2.82. The standard InChI is InChI=1S/C10H14F2N2O3/c1-17-10(16)7-4(2-14-9(7)15)6-5(11)3-13-8(6)12/h4-8,13H,2-3H2,1H3,(H,14,15)/t4-,5?,6?,7-,8?/m0/s1. The van der Waals surface area contributed by atoms with Crippen LogP contribution in [-0.2, 0) is 14.3 Å². The second-order valence-corrected chi connectivity index (χ2v) is 4.31. The zero-order chi connectivity index (χ0) is 12.6. The molecule has 2 N–H and O–H groups in total. The summed E-state index contributed by atoms with van der Waals surface area (Å²) in [6.07, 6.45) is -2.93. The first-order valence-corrected chi connectivity index (χ1v) is 5.43. The smallest absolute Gasteiger partial charge is 0.318 e. The number of ether oxygens (including phenoxy) is 1. The highest BCUT2D eigenvalue weighted by Crippen LogP contribution is 2.35. The largest absolute Gasteiger partial charge is 0.468 e. The van der Waals surface area contributed by atoms with Crippen LogP contribution in [0.3, 0.4) is 0 Å². The summed E-state index contributed by atoms with van der Waals surface area (Å²) >= 11 is 0.